The first-order valence-electron chi connectivity index (χ1n) is 8.79. The van der Waals surface area contributed by atoms with Crippen LogP contribution in [0.4, 0.5) is 0 Å². The van der Waals surface area contributed by atoms with E-state index in [9.17, 15) is 0 Å². The molecule has 1 heteroatoms. The van der Waals surface area contributed by atoms with Crippen molar-refractivity contribution in [2.45, 2.75) is 45.8 Å². The van der Waals surface area contributed by atoms with E-state index in [1.807, 2.05) is 0 Å². The van der Waals surface area contributed by atoms with Gasteiger partial charge in [0.1, 0.15) is 0 Å². The van der Waals surface area contributed by atoms with E-state index < -0.39 is 0 Å². The molecule has 0 saturated carbocycles. The van der Waals surface area contributed by atoms with Crippen LogP contribution in [0.15, 0.2) is 60.7 Å². The molecular formula is C23H28S. The summed E-state index contributed by atoms with van der Waals surface area (Å²) in [7, 11) is 0. The molecule has 0 radical (unpaired) electrons. The molecule has 0 unspecified atom stereocenters. The Labute approximate surface area is 152 Å². The Hall–Kier alpha value is -1.73. The Morgan fingerprint density at radius 3 is 2.00 bits per heavy atom. The fourth-order valence-corrected chi connectivity index (χ4v) is 3.26. The smallest absolute Gasteiger partial charge is 0.0154 e. The second-order valence-electron chi connectivity index (χ2n) is 6.28. The Kier molecular flexibility index (Phi) is 6.93. The largest absolute Gasteiger partial charge is 0.175 e. The van der Waals surface area contributed by atoms with Gasteiger partial charge < -0.3 is 0 Å². The number of hydrogen-bond acceptors (Lipinski definition) is 1. The van der Waals surface area contributed by atoms with E-state index in [0.29, 0.717) is 0 Å². The molecule has 0 amide bonds. The molecule has 0 spiro atoms. The zero-order chi connectivity index (χ0) is 17.5. The monoisotopic (exact) mass is 336 g/mol. The van der Waals surface area contributed by atoms with E-state index in [0.717, 1.165) is 30.6 Å². The van der Waals surface area contributed by atoms with Crippen molar-refractivity contribution in [1.82, 2.24) is 0 Å². The van der Waals surface area contributed by atoms with Crippen molar-refractivity contribution in [2.24, 2.45) is 0 Å². The van der Waals surface area contributed by atoms with Gasteiger partial charge in [-0.25, -0.2) is 0 Å². The highest BCUT2D eigenvalue weighted by molar-refractivity contribution is 7.79. The molecule has 0 aliphatic rings. The summed E-state index contributed by atoms with van der Waals surface area (Å²) >= 11 is 4.37. The van der Waals surface area contributed by atoms with Crippen molar-refractivity contribution in [3.63, 3.8) is 0 Å². The second-order valence-corrected chi connectivity index (χ2v) is 6.60. The summed E-state index contributed by atoms with van der Waals surface area (Å²) in [5, 5.41) is 0. The van der Waals surface area contributed by atoms with Crippen molar-refractivity contribution in [3.05, 3.63) is 82.9 Å². The highest BCUT2D eigenvalue weighted by atomic mass is 32.1. The molecule has 0 aliphatic heterocycles. The molecule has 0 aliphatic carbocycles. The van der Waals surface area contributed by atoms with Gasteiger partial charge in [-0.1, -0.05) is 86.5 Å². The average molecular weight is 337 g/mol. The predicted octanol–water partition coefficient (Wildman–Crippen LogP) is 7.10. The minimum absolute atomic E-state index is 0.772. The second kappa shape index (κ2) is 8.94. The third-order valence-electron chi connectivity index (χ3n) is 4.46. The fraction of sp³-hybridized carbons (Fsp3) is 0.304. The summed E-state index contributed by atoms with van der Waals surface area (Å²) in [6.07, 6.45) is 3.33. The molecule has 24 heavy (non-hydrogen) atoms. The zero-order valence-electron chi connectivity index (χ0n) is 15.1. The normalized spacial score (nSPS) is 12.0. The third-order valence-corrected chi connectivity index (χ3v) is 4.82. The summed E-state index contributed by atoms with van der Waals surface area (Å²) in [5.74, 6) is 0.772. The van der Waals surface area contributed by atoms with E-state index in [1.165, 1.54) is 33.4 Å². The van der Waals surface area contributed by atoms with Crippen LogP contribution in [-0.4, -0.2) is 0 Å². The third kappa shape index (κ3) is 4.42. The van der Waals surface area contributed by atoms with Gasteiger partial charge in [-0.15, -0.1) is 0 Å². The molecule has 2 aromatic carbocycles. The Balaban J connectivity index is 2.53. The lowest BCUT2D eigenvalue weighted by molar-refractivity contribution is 0.863. The molecule has 0 aromatic heterocycles. The molecule has 2 rings (SSSR count). The quantitative estimate of drug-likeness (QED) is 0.404. The summed E-state index contributed by atoms with van der Waals surface area (Å²) in [5.41, 5.74) is 8.91. The van der Waals surface area contributed by atoms with Gasteiger partial charge in [-0.05, 0) is 47.6 Å². The van der Waals surface area contributed by atoms with Gasteiger partial charge in [0.2, 0.25) is 0 Å². The van der Waals surface area contributed by atoms with Crippen molar-refractivity contribution in [1.29, 1.82) is 0 Å². The van der Waals surface area contributed by atoms with Gasteiger partial charge in [0.05, 0.1) is 0 Å². The number of hydrogen-bond donors (Lipinski definition) is 1. The Bertz CT molecular complexity index is 703. The van der Waals surface area contributed by atoms with Gasteiger partial charge >= 0.3 is 0 Å². The van der Waals surface area contributed by atoms with Crippen LogP contribution >= 0.6 is 12.6 Å². The van der Waals surface area contributed by atoms with Gasteiger partial charge in [-0.2, -0.15) is 12.6 Å². The maximum absolute atomic E-state index is 4.45. The topological polar surface area (TPSA) is 0 Å². The fourth-order valence-electron chi connectivity index (χ4n) is 3.05. The molecule has 0 saturated heterocycles. The maximum Gasteiger partial charge on any atom is 0.0154 e. The number of aryl methyl sites for hydroxylation is 1. The molecular weight excluding hydrogens is 308 g/mol. The van der Waals surface area contributed by atoms with Crippen LogP contribution in [-0.2, 0) is 5.75 Å². The van der Waals surface area contributed by atoms with Gasteiger partial charge in [0, 0.05) is 5.75 Å². The molecule has 0 nitrogen and oxygen atoms in total. The van der Waals surface area contributed by atoms with Gasteiger partial charge in [-0.3, -0.25) is 0 Å². The van der Waals surface area contributed by atoms with Crippen molar-refractivity contribution < 1.29 is 0 Å². The standard InChI is InChI=1S/C23H28S/c1-5-7-20(6-2)23(22-14-10-19(16-24)11-15-22)18(4)21-12-8-17(3)9-13-21/h8-15,24H,4-7,16H2,1-3H3/b23-20-. The first kappa shape index (κ1) is 18.6. The summed E-state index contributed by atoms with van der Waals surface area (Å²) < 4.78 is 0. The molecule has 0 bridgehead atoms. The first-order chi connectivity index (χ1) is 11.6. The molecule has 0 fully saturated rings. The van der Waals surface area contributed by atoms with Gasteiger partial charge in [0.15, 0.2) is 0 Å². The SMILES string of the molecule is C=C(/C(=C(\CC)CCC)c1ccc(CS)cc1)c1ccc(C)cc1. The Morgan fingerprint density at radius 2 is 1.50 bits per heavy atom. The van der Waals surface area contributed by atoms with E-state index in [4.69, 9.17) is 0 Å². The van der Waals surface area contributed by atoms with E-state index in [2.05, 4.69) is 88.5 Å². The minimum atomic E-state index is 0.772. The van der Waals surface area contributed by atoms with Crippen molar-refractivity contribution in [3.8, 4) is 0 Å². The molecule has 0 heterocycles. The van der Waals surface area contributed by atoms with Gasteiger partial charge in [0.25, 0.3) is 0 Å². The van der Waals surface area contributed by atoms with Crippen LogP contribution in [0.1, 0.15) is 55.4 Å². The Morgan fingerprint density at radius 1 is 0.917 bits per heavy atom. The van der Waals surface area contributed by atoms with Crippen LogP contribution in [0.25, 0.3) is 11.1 Å². The van der Waals surface area contributed by atoms with E-state index >= 15 is 0 Å². The van der Waals surface area contributed by atoms with Crippen LogP contribution in [0.3, 0.4) is 0 Å². The van der Waals surface area contributed by atoms with Crippen molar-refractivity contribution >= 4 is 23.8 Å². The number of allylic oxidation sites excluding steroid dienone is 3. The summed E-state index contributed by atoms with van der Waals surface area (Å²) in [6.45, 7) is 11.1. The highest BCUT2D eigenvalue weighted by Crippen LogP contribution is 2.35. The van der Waals surface area contributed by atoms with Crippen LogP contribution in [0, 0.1) is 6.92 Å². The summed E-state index contributed by atoms with van der Waals surface area (Å²) in [6, 6.07) is 17.4. The summed E-state index contributed by atoms with van der Waals surface area (Å²) in [4.78, 5) is 0. The molecule has 126 valence electrons. The molecule has 0 atom stereocenters. The average Bonchev–Trinajstić information content (AvgIpc) is 2.62. The first-order valence-corrected chi connectivity index (χ1v) is 9.42. The lowest BCUT2D eigenvalue weighted by Crippen LogP contribution is -1.96. The molecule has 2 aromatic rings. The van der Waals surface area contributed by atoms with Crippen LogP contribution in [0.2, 0.25) is 0 Å². The predicted molar refractivity (Wildman–Crippen MR) is 111 cm³/mol. The zero-order valence-corrected chi connectivity index (χ0v) is 16.0. The lowest BCUT2D eigenvalue weighted by Gasteiger charge is -2.18. The lowest BCUT2D eigenvalue weighted by atomic mass is 9.86. The van der Waals surface area contributed by atoms with Crippen LogP contribution in [0.5, 0.6) is 0 Å². The van der Waals surface area contributed by atoms with Crippen LogP contribution < -0.4 is 0 Å². The van der Waals surface area contributed by atoms with Crippen molar-refractivity contribution in [2.75, 3.05) is 0 Å². The number of thiol groups is 1. The molecule has 0 N–H and O–H groups in total. The minimum Gasteiger partial charge on any atom is -0.175 e. The number of rotatable bonds is 7. The maximum atomic E-state index is 4.45. The number of benzene rings is 2. The van der Waals surface area contributed by atoms with E-state index in [1.54, 1.807) is 0 Å². The highest BCUT2D eigenvalue weighted by Gasteiger charge is 2.13. The van der Waals surface area contributed by atoms with E-state index in [-0.39, 0.29) is 0 Å².